The van der Waals surface area contributed by atoms with Crippen molar-refractivity contribution in [3.8, 4) is 5.75 Å². The molecule has 0 fully saturated rings. The number of amides is 1. The molecule has 0 saturated heterocycles. The third-order valence-corrected chi connectivity index (χ3v) is 3.87. The minimum atomic E-state index is -0.223. The second-order valence-electron chi connectivity index (χ2n) is 5.39. The van der Waals surface area contributed by atoms with Crippen molar-refractivity contribution in [3.05, 3.63) is 77.9 Å². The number of methoxy groups -OCH3 is 1. The Kier molecular flexibility index (Phi) is 4.57. The highest BCUT2D eigenvalue weighted by atomic mass is 16.5. The van der Waals surface area contributed by atoms with Gasteiger partial charge in [0.1, 0.15) is 5.75 Å². The lowest BCUT2D eigenvalue weighted by atomic mass is 10.0. The number of hydrogen-bond donors (Lipinski definition) is 1. The van der Waals surface area contributed by atoms with E-state index < -0.39 is 0 Å². The second kappa shape index (κ2) is 6.96. The van der Waals surface area contributed by atoms with E-state index in [1.165, 1.54) is 0 Å². The molecule has 0 radical (unpaired) electrons. The third-order valence-electron chi connectivity index (χ3n) is 3.87. The highest BCUT2D eigenvalue weighted by Gasteiger charge is 2.09. The minimum absolute atomic E-state index is 0.223. The monoisotopic (exact) mass is 318 g/mol. The zero-order valence-corrected chi connectivity index (χ0v) is 13.6. The fourth-order valence-corrected chi connectivity index (χ4v) is 2.52. The summed E-state index contributed by atoms with van der Waals surface area (Å²) in [5.41, 5.74) is 4.90. The second-order valence-corrected chi connectivity index (χ2v) is 5.39. The summed E-state index contributed by atoms with van der Waals surface area (Å²) in [7, 11) is 1.63. The van der Waals surface area contributed by atoms with E-state index >= 15 is 0 Å². The molecule has 0 saturated carbocycles. The quantitative estimate of drug-likeness (QED) is 0.584. The van der Waals surface area contributed by atoms with Crippen molar-refractivity contribution in [2.24, 2.45) is 5.10 Å². The molecule has 0 heterocycles. The summed E-state index contributed by atoms with van der Waals surface area (Å²) in [6, 6.07) is 21.0. The van der Waals surface area contributed by atoms with Crippen LogP contribution in [-0.2, 0) is 0 Å². The summed E-state index contributed by atoms with van der Waals surface area (Å²) in [5.74, 6) is 0.561. The van der Waals surface area contributed by atoms with Crippen molar-refractivity contribution < 1.29 is 9.53 Å². The zero-order chi connectivity index (χ0) is 16.9. The van der Waals surface area contributed by atoms with Crippen molar-refractivity contribution in [1.82, 2.24) is 5.43 Å². The Morgan fingerprint density at radius 2 is 1.67 bits per heavy atom. The molecule has 4 nitrogen and oxygen atoms in total. The van der Waals surface area contributed by atoms with Gasteiger partial charge in [-0.15, -0.1) is 0 Å². The predicted molar refractivity (Wildman–Crippen MR) is 96.6 cm³/mol. The number of ether oxygens (including phenoxy) is 1. The molecule has 0 aliphatic rings. The molecule has 0 unspecified atom stereocenters. The van der Waals surface area contributed by atoms with Crippen molar-refractivity contribution in [1.29, 1.82) is 0 Å². The fourth-order valence-electron chi connectivity index (χ4n) is 2.52. The summed E-state index contributed by atoms with van der Waals surface area (Å²) in [6.45, 7) is 1.85. The average molecular weight is 318 g/mol. The maximum atomic E-state index is 12.5. The predicted octanol–water partition coefficient (Wildman–Crippen LogP) is 4.00. The first kappa shape index (κ1) is 15.7. The van der Waals surface area contributed by atoms with Gasteiger partial charge in [0, 0.05) is 5.56 Å². The lowest BCUT2D eigenvalue weighted by Crippen LogP contribution is -2.19. The number of carbonyl (C=O) groups excluding carboxylic acids is 1. The minimum Gasteiger partial charge on any atom is -0.497 e. The molecule has 3 aromatic carbocycles. The molecule has 24 heavy (non-hydrogen) atoms. The van der Waals surface area contributed by atoms with Gasteiger partial charge in [-0.05, 0) is 53.6 Å². The molecule has 4 heteroatoms. The first-order chi connectivity index (χ1) is 11.7. The number of hydrogen-bond acceptors (Lipinski definition) is 3. The van der Waals surface area contributed by atoms with Gasteiger partial charge in [0.2, 0.25) is 0 Å². The Morgan fingerprint density at radius 3 is 2.42 bits per heavy atom. The molecule has 0 aliphatic heterocycles. The van der Waals surface area contributed by atoms with Crippen LogP contribution in [0.25, 0.3) is 10.8 Å². The molecule has 120 valence electrons. The lowest BCUT2D eigenvalue weighted by molar-refractivity contribution is 0.0956. The molecule has 0 aromatic heterocycles. The van der Waals surface area contributed by atoms with E-state index in [9.17, 15) is 4.79 Å². The van der Waals surface area contributed by atoms with Crippen LogP contribution in [0.2, 0.25) is 0 Å². The molecule has 0 bridgehead atoms. The molecule has 0 aliphatic carbocycles. The van der Waals surface area contributed by atoms with Crippen LogP contribution in [0.4, 0.5) is 0 Å². The number of rotatable bonds is 4. The average Bonchev–Trinajstić information content (AvgIpc) is 2.65. The number of nitrogens with one attached hydrogen (secondary N) is 1. The van der Waals surface area contributed by atoms with E-state index in [4.69, 9.17) is 4.74 Å². The molecule has 1 amide bonds. The van der Waals surface area contributed by atoms with Gasteiger partial charge in [-0.25, -0.2) is 5.43 Å². The van der Waals surface area contributed by atoms with Crippen molar-refractivity contribution in [3.63, 3.8) is 0 Å². The van der Waals surface area contributed by atoms with Gasteiger partial charge in [0.25, 0.3) is 5.91 Å². The summed E-state index contributed by atoms with van der Waals surface area (Å²) in [6.07, 6.45) is 0. The van der Waals surface area contributed by atoms with Gasteiger partial charge in [-0.1, -0.05) is 36.4 Å². The summed E-state index contributed by atoms with van der Waals surface area (Å²) >= 11 is 0. The van der Waals surface area contributed by atoms with Crippen LogP contribution in [0.3, 0.4) is 0 Å². The van der Waals surface area contributed by atoms with E-state index in [0.29, 0.717) is 5.56 Å². The van der Waals surface area contributed by atoms with Crippen LogP contribution in [0.1, 0.15) is 22.8 Å². The van der Waals surface area contributed by atoms with Gasteiger partial charge < -0.3 is 4.74 Å². The smallest absolute Gasteiger partial charge is 0.272 e. The van der Waals surface area contributed by atoms with Crippen LogP contribution in [0, 0.1) is 0 Å². The van der Waals surface area contributed by atoms with Gasteiger partial charge in [0.05, 0.1) is 12.8 Å². The van der Waals surface area contributed by atoms with E-state index in [0.717, 1.165) is 27.8 Å². The summed E-state index contributed by atoms with van der Waals surface area (Å²) in [5, 5.41) is 6.15. The molecule has 0 spiro atoms. The van der Waals surface area contributed by atoms with E-state index in [1.807, 2.05) is 67.6 Å². The lowest BCUT2D eigenvalue weighted by Gasteiger charge is -2.06. The number of benzene rings is 3. The highest BCUT2D eigenvalue weighted by molar-refractivity contribution is 6.07. The van der Waals surface area contributed by atoms with Crippen molar-refractivity contribution >= 4 is 22.4 Å². The maximum absolute atomic E-state index is 12.5. The maximum Gasteiger partial charge on any atom is 0.272 e. The SMILES string of the molecule is COc1ccc(C(C)=NNC(=O)c2cccc3ccccc23)cc1. The zero-order valence-electron chi connectivity index (χ0n) is 13.6. The van der Waals surface area contributed by atoms with Crippen LogP contribution >= 0.6 is 0 Å². The van der Waals surface area contributed by atoms with Crippen LogP contribution in [0.15, 0.2) is 71.8 Å². The van der Waals surface area contributed by atoms with E-state index in [1.54, 1.807) is 13.2 Å². The van der Waals surface area contributed by atoms with Crippen LogP contribution in [-0.4, -0.2) is 18.7 Å². The Morgan fingerprint density at radius 1 is 0.958 bits per heavy atom. The normalized spacial score (nSPS) is 11.3. The number of nitrogens with zero attached hydrogens (tertiary/aromatic N) is 1. The first-order valence-electron chi connectivity index (χ1n) is 7.66. The van der Waals surface area contributed by atoms with Crippen LogP contribution < -0.4 is 10.2 Å². The molecule has 0 atom stereocenters. The standard InChI is InChI=1S/C20H18N2O2/c1-14(15-10-12-17(24-2)13-11-15)21-22-20(23)19-9-5-7-16-6-3-4-8-18(16)19/h3-13H,1-2H3,(H,22,23). The Labute approximate surface area is 140 Å². The molecular formula is C20H18N2O2. The number of hydrazone groups is 1. The summed E-state index contributed by atoms with van der Waals surface area (Å²) in [4.78, 5) is 12.5. The van der Waals surface area contributed by atoms with E-state index in [-0.39, 0.29) is 5.91 Å². The van der Waals surface area contributed by atoms with E-state index in [2.05, 4.69) is 10.5 Å². The van der Waals surface area contributed by atoms with Gasteiger partial charge in [0.15, 0.2) is 0 Å². The Bertz CT molecular complexity index is 894. The van der Waals surface area contributed by atoms with Gasteiger partial charge >= 0.3 is 0 Å². The molecule has 3 aromatic rings. The van der Waals surface area contributed by atoms with Crippen molar-refractivity contribution in [2.45, 2.75) is 6.92 Å². The highest BCUT2D eigenvalue weighted by Crippen LogP contribution is 2.18. The van der Waals surface area contributed by atoms with Gasteiger partial charge in [-0.2, -0.15) is 5.10 Å². The van der Waals surface area contributed by atoms with Crippen LogP contribution in [0.5, 0.6) is 5.75 Å². The fraction of sp³-hybridized carbons (Fsp3) is 0.100. The first-order valence-corrected chi connectivity index (χ1v) is 7.66. The number of carbonyl (C=O) groups is 1. The molecular weight excluding hydrogens is 300 g/mol. The largest absolute Gasteiger partial charge is 0.497 e. The Hall–Kier alpha value is -3.14. The number of fused-ring (bicyclic) bond motifs is 1. The van der Waals surface area contributed by atoms with Crippen molar-refractivity contribution in [2.75, 3.05) is 7.11 Å². The Balaban J connectivity index is 1.80. The summed E-state index contributed by atoms with van der Waals surface area (Å²) < 4.78 is 5.14. The van der Waals surface area contributed by atoms with Gasteiger partial charge in [-0.3, -0.25) is 4.79 Å². The molecule has 1 N–H and O–H groups in total. The third kappa shape index (κ3) is 3.27. The topological polar surface area (TPSA) is 50.7 Å². The molecule has 3 rings (SSSR count).